The molecular formula is C34H50N2O7. The molecule has 238 valence electrons. The summed E-state index contributed by atoms with van der Waals surface area (Å²) in [4.78, 5) is 36.9. The molecular weight excluding hydrogens is 548 g/mol. The highest BCUT2D eigenvalue weighted by Gasteiger charge is 2.36. The molecule has 9 heteroatoms. The number of rotatable bonds is 13. The summed E-state index contributed by atoms with van der Waals surface area (Å²) in [5.41, 5.74) is 1.93. The second kappa shape index (κ2) is 14.3. The van der Waals surface area contributed by atoms with Gasteiger partial charge in [0, 0.05) is 29.9 Å². The van der Waals surface area contributed by atoms with Crippen molar-refractivity contribution in [3.05, 3.63) is 45.2 Å². The van der Waals surface area contributed by atoms with E-state index >= 15 is 0 Å². The van der Waals surface area contributed by atoms with Gasteiger partial charge in [0.15, 0.2) is 16.9 Å². The van der Waals surface area contributed by atoms with E-state index in [4.69, 9.17) is 14.2 Å². The van der Waals surface area contributed by atoms with Gasteiger partial charge in [0.05, 0.1) is 19.4 Å². The van der Waals surface area contributed by atoms with Gasteiger partial charge >= 0.3 is 12.1 Å². The number of carbonyl (C=O) groups is 2. The fourth-order valence-corrected chi connectivity index (χ4v) is 5.63. The minimum atomic E-state index is -1.20. The first-order valence-corrected chi connectivity index (χ1v) is 15.5. The van der Waals surface area contributed by atoms with Crippen LogP contribution in [0.1, 0.15) is 115 Å². The highest BCUT2D eigenvalue weighted by molar-refractivity contribution is 5.88. The molecule has 1 atom stereocenters. The Bertz CT molecular complexity index is 1350. The number of benzene rings is 1. The zero-order chi connectivity index (χ0) is 31.9. The normalized spacial score (nSPS) is 14.5. The number of nitrogens with one attached hydrogen (secondary N) is 1. The van der Waals surface area contributed by atoms with Crippen molar-refractivity contribution in [2.75, 3.05) is 20.3 Å². The molecule has 1 aromatic carbocycles. The Hall–Kier alpha value is -3.49. The van der Waals surface area contributed by atoms with Crippen molar-refractivity contribution in [1.82, 2.24) is 9.88 Å². The van der Waals surface area contributed by atoms with Crippen molar-refractivity contribution in [3.8, 4) is 22.8 Å². The Kier molecular flexibility index (Phi) is 11.3. The van der Waals surface area contributed by atoms with E-state index in [1.807, 2.05) is 44.4 Å². The summed E-state index contributed by atoms with van der Waals surface area (Å²) in [7, 11) is 1.61. The smallest absolute Gasteiger partial charge is 0.407 e. The van der Waals surface area contributed by atoms with E-state index in [-0.39, 0.29) is 23.1 Å². The molecule has 0 spiro atoms. The van der Waals surface area contributed by atoms with Crippen LogP contribution in [0.3, 0.4) is 0 Å². The molecule has 1 aromatic heterocycles. The molecule has 1 aliphatic heterocycles. The summed E-state index contributed by atoms with van der Waals surface area (Å²) in [5.74, 6) is 0.0666. The van der Waals surface area contributed by atoms with Crippen LogP contribution in [-0.4, -0.2) is 47.6 Å². The average Bonchev–Trinajstić information content (AvgIpc) is 2.91. The summed E-state index contributed by atoms with van der Waals surface area (Å²) in [5, 5.41) is 12.6. The highest BCUT2D eigenvalue weighted by Crippen LogP contribution is 2.46. The number of unbranched alkanes of at least 4 members (excludes halogenated alkanes) is 5. The number of amides is 1. The monoisotopic (exact) mass is 598 g/mol. The summed E-state index contributed by atoms with van der Waals surface area (Å²) in [6.45, 7) is 15.0. The second-order valence-corrected chi connectivity index (χ2v) is 13.4. The van der Waals surface area contributed by atoms with Crippen molar-refractivity contribution in [2.45, 2.75) is 111 Å². The third kappa shape index (κ3) is 8.77. The van der Waals surface area contributed by atoms with Gasteiger partial charge in [0.1, 0.15) is 11.2 Å². The molecule has 0 radical (unpaired) electrons. The Balaban J connectivity index is 1.65. The van der Waals surface area contributed by atoms with Crippen LogP contribution < -0.4 is 20.2 Å². The fraction of sp³-hybridized carbons (Fsp3) is 0.618. The van der Waals surface area contributed by atoms with Crippen molar-refractivity contribution in [2.24, 2.45) is 5.41 Å². The lowest BCUT2D eigenvalue weighted by molar-refractivity contribution is 0.0526. The van der Waals surface area contributed by atoms with Gasteiger partial charge in [-0.3, -0.25) is 4.79 Å². The van der Waals surface area contributed by atoms with Crippen LogP contribution in [-0.2, 0) is 17.6 Å². The van der Waals surface area contributed by atoms with E-state index in [0.29, 0.717) is 43.1 Å². The Morgan fingerprint density at radius 1 is 1.00 bits per heavy atom. The zero-order valence-electron chi connectivity index (χ0n) is 27.2. The number of hydrogen-bond donors (Lipinski definition) is 2. The number of methoxy groups -OCH3 is 1. The van der Waals surface area contributed by atoms with Gasteiger partial charge in [-0.1, -0.05) is 53.4 Å². The third-order valence-electron chi connectivity index (χ3n) is 7.81. The van der Waals surface area contributed by atoms with Crippen LogP contribution in [0.4, 0.5) is 4.79 Å². The Labute approximate surface area is 255 Å². The molecule has 0 saturated heterocycles. The highest BCUT2D eigenvalue weighted by atomic mass is 16.6. The molecule has 2 N–H and O–H groups in total. The number of carbonyl (C=O) groups excluding carboxylic acids is 1. The lowest BCUT2D eigenvalue weighted by Gasteiger charge is -2.40. The van der Waals surface area contributed by atoms with E-state index in [2.05, 4.69) is 26.1 Å². The van der Waals surface area contributed by atoms with E-state index < -0.39 is 17.0 Å². The first-order valence-electron chi connectivity index (χ1n) is 15.5. The number of alkyl carbamates (subject to hydrolysis) is 1. The van der Waals surface area contributed by atoms with Gasteiger partial charge in [-0.15, -0.1) is 0 Å². The largest absolute Gasteiger partial charge is 0.493 e. The van der Waals surface area contributed by atoms with Gasteiger partial charge in [-0.2, -0.15) is 0 Å². The molecule has 1 unspecified atom stereocenters. The summed E-state index contributed by atoms with van der Waals surface area (Å²) < 4.78 is 19.2. The first-order chi connectivity index (χ1) is 20.2. The van der Waals surface area contributed by atoms with Crippen molar-refractivity contribution in [1.29, 1.82) is 0 Å². The number of pyridine rings is 1. The summed E-state index contributed by atoms with van der Waals surface area (Å²) in [6.07, 6.45) is 8.36. The lowest BCUT2D eigenvalue weighted by Crippen LogP contribution is -2.34. The number of carboxylic acids is 1. The van der Waals surface area contributed by atoms with Gasteiger partial charge < -0.3 is 29.2 Å². The number of fused-ring (bicyclic) bond motifs is 3. The Morgan fingerprint density at radius 3 is 2.23 bits per heavy atom. The standard InChI is InChI=1S/C34H50N2O7/c1-9-23-29-24-20-26(41-8)27(42-17-15-13-11-10-12-14-16-35-32(40)43-34(5,6)7)18-22(24)19-28(33(2,3)4)36(29)21-25(30(23)37)31(38)39/h18,20-21,28H,9-17,19H2,1-8H3,(H,35,40)(H,38,39). The molecule has 2 aromatic rings. The SMILES string of the molecule is CCc1c2n(cc(C(=O)O)c1=O)C(C(C)(C)C)Cc1cc(OCCCCCCCCNC(=O)OC(C)(C)C)c(OC)cc1-2. The minimum absolute atomic E-state index is 0.0421. The molecule has 3 rings (SSSR count). The number of aromatic nitrogens is 1. The summed E-state index contributed by atoms with van der Waals surface area (Å²) in [6, 6.07) is 3.92. The van der Waals surface area contributed by atoms with Crippen LogP contribution in [0.5, 0.6) is 11.5 Å². The van der Waals surface area contributed by atoms with Crippen LogP contribution in [0.15, 0.2) is 23.1 Å². The van der Waals surface area contributed by atoms with E-state index in [9.17, 15) is 19.5 Å². The number of hydrogen-bond acceptors (Lipinski definition) is 6. The molecule has 1 amide bonds. The molecule has 43 heavy (non-hydrogen) atoms. The number of ether oxygens (including phenoxy) is 3. The zero-order valence-corrected chi connectivity index (χ0v) is 27.2. The summed E-state index contributed by atoms with van der Waals surface area (Å²) >= 11 is 0. The third-order valence-corrected chi connectivity index (χ3v) is 7.81. The first kappa shape index (κ1) is 34.0. The van der Waals surface area contributed by atoms with Gasteiger partial charge in [-0.05, 0) is 69.6 Å². The minimum Gasteiger partial charge on any atom is -0.493 e. The molecule has 0 fully saturated rings. The van der Waals surface area contributed by atoms with Crippen molar-refractivity contribution >= 4 is 12.1 Å². The van der Waals surface area contributed by atoms with E-state index in [0.717, 1.165) is 55.3 Å². The fourth-order valence-electron chi connectivity index (χ4n) is 5.63. The molecule has 0 bridgehead atoms. The van der Waals surface area contributed by atoms with Crippen molar-refractivity contribution < 1.29 is 28.9 Å². The molecule has 0 aliphatic carbocycles. The van der Waals surface area contributed by atoms with Crippen LogP contribution in [0, 0.1) is 5.41 Å². The van der Waals surface area contributed by atoms with Crippen LogP contribution >= 0.6 is 0 Å². The molecule has 9 nitrogen and oxygen atoms in total. The van der Waals surface area contributed by atoms with E-state index in [1.165, 1.54) is 6.20 Å². The lowest BCUT2D eigenvalue weighted by atomic mass is 9.78. The average molecular weight is 599 g/mol. The number of aromatic carboxylic acids is 1. The number of carboxylic acid groups (broad SMARTS) is 1. The number of nitrogens with zero attached hydrogens (tertiary/aromatic N) is 1. The quantitative estimate of drug-likeness (QED) is 0.235. The van der Waals surface area contributed by atoms with Crippen LogP contribution in [0.2, 0.25) is 0 Å². The van der Waals surface area contributed by atoms with Gasteiger partial charge in [0.25, 0.3) is 0 Å². The maximum atomic E-state index is 13.2. The maximum Gasteiger partial charge on any atom is 0.407 e. The van der Waals surface area contributed by atoms with Gasteiger partial charge in [-0.25, -0.2) is 9.59 Å². The maximum absolute atomic E-state index is 13.2. The molecule has 0 saturated carbocycles. The molecule has 2 heterocycles. The predicted octanol–water partition coefficient (Wildman–Crippen LogP) is 7.17. The predicted molar refractivity (Wildman–Crippen MR) is 169 cm³/mol. The van der Waals surface area contributed by atoms with Crippen molar-refractivity contribution in [3.63, 3.8) is 0 Å². The second-order valence-electron chi connectivity index (χ2n) is 13.4. The topological polar surface area (TPSA) is 116 Å². The Morgan fingerprint density at radius 2 is 1.65 bits per heavy atom. The van der Waals surface area contributed by atoms with E-state index in [1.54, 1.807) is 7.11 Å². The van der Waals surface area contributed by atoms with Crippen LogP contribution in [0.25, 0.3) is 11.3 Å². The van der Waals surface area contributed by atoms with Gasteiger partial charge in [0.2, 0.25) is 0 Å². The molecule has 1 aliphatic rings.